The molecule has 1 aromatic heterocycles. The van der Waals surface area contributed by atoms with Crippen molar-refractivity contribution in [3.63, 3.8) is 0 Å². The largest absolute Gasteiger partial charge is 0.497 e. The second-order valence-electron chi connectivity index (χ2n) is 9.35. The highest BCUT2D eigenvalue weighted by Gasteiger charge is 2.44. The Morgan fingerprint density at radius 3 is 2.58 bits per heavy atom. The number of amides is 2. The third-order valence-corrected chi connectivity index (χ3v) is 6.93. The zero-order valence-corrected chi connectivity index (χ0v) is 19.7. The molecule has 0 radical (unpaired) electrons. The van der Waals surface area contributed by atoms with Crippen molar-refractivity contribution in [1.82, 2.24) is 15.1 Å². The number of ether oxygens (including phenoxy) is 1. The van der Waals surface area contributed by atoms with Gasteiger partial charge in [0.1, 0.15) is 11.6 Å². The van der Waals surface area contributed by atoms with Gasteiger partial charge in [0.2, 0.25) is 11.8 Å². The van der Waals surface area contributed by atoms with Crippen LogP contribution in [0.2, 0.25) is 0 Å². The summed E-state index contributed by atoms with van der Waals surface area (Å²) in [5.74, 6) is 0.383. The molecular formula is C28H25FN4O3. The normalized spacial score (nSPS) is 19.6. The van der Waals surface area contributed by atoms with E-state index in [-0.39, 0.29) is 42.1 Å². The van der Waals surface area contributed by atoms with Crippen molar-refractivity contribution in [2.24, 2.45) is 5.92 Å². The summed E-state index contributed by atoms with van der Waals surface area (Å²) in [6.07, 6.45) is 3.74. The van der Waals surface area contributed by atoms with Gasteiger partial charge in [0.25, 0.3) is 0 Å². The number of carbonyl (C=O) groups excluding carboxylic acids is 2. The SMILES string of the molecule is COc1cccc(C2C(NC(=O)C3CC3)CC(=O)N2c2ccc3c(cnn3-c3ccc(F)cc3)c2)c1. The topological polar surface area (TPSA) is 76.5 Å². The fourth-order valence-electron chi connectivity index (χ4n) is 4.98. The summed E-state index contributed by atoms with van der Waals surface area (Å²) < 4.78 is 20.6. The second-order valence-corrected chi connectivity index (χ2v) is 9.35. The van der Waals surface area contributed by atoms with Gasteiger partial charge >= 0.3 is 0 Å². The molecular weight excluding hydrogens is 459 g/mol. The molecule has 1 aliphatic heterocycles. The quantitative estimate of drug-likeness (QED) is 0.436. The molecule has 3 aromatic carbocycles. The Morgan fingerprint density at radius 1 is 1.06 bits per heavy atom. The highest BCUT2D eigenvalue weighted by atomic mass is 19.1. The minimum absolute atomic E-state index is 0.0126. The van der Waals surface area contributed by atoms with E-state index in [9.17, 15) is 14.0 Å². The number of nitrogens with one attached hydrogen (secondary N) is 1. The second kappa shape index (κ2) is 8.78. The molecule has 8 heteroatoms. The van der Waals surface area contributed by atoms with E-state index in [0.717, 1.165) is 40.7 Å². The first-order valence-electron chi connectivity index (χ1n) is 12.0. The van der Waals surface area contributed by atoms with Gasteiger partial charge in [-0.05, 0) is 73.0 Å². The van der Waals surface area contributed by atoms with Gasteiger partial charge in [-0.25, -0.2) is 9.07 Å². The molecule has 1 N–H and O–H groups in total. The summed E-state index contributed by atoms with van der Waals surface area (Å²) in [4.78, 5) is 27.8. The van der Waals surface area contributed by atoms with Crippen molar-refractivity contribution in [2.75, 3.05) is 12.0 Å². The van der Waals surface area contributed by atoms with E-state index >= 15 is 0 Å². The number of nitrogens with zero attached hydrogens (tertiary/aromatic N) is 3. The molecule has 1 saturated carbocycles. The zero-order chi connectivity index (χ0) is 24.8. The molecule has 7 nitrogen and oxygen atoms in total. The molecule has 2 aliphatic rings. The molecule has 2 atom stereocenters. The van der Waals surface area contributed by atoms with Crippen LogP contribution in [0.3, 0.4) is 0 Å². The first-order chi connectivity index (χ1) is 17.5. The molecule has 182 valence electrons. The third-order valence-electron chi connectivity index (χ3n) is 6.93. The number of anilines is 1. The van der Waals surface area contributed by atoms with E-state index in [1.807, 2.05) is 42.5 Å². The molecule has 2 fully saturated rings. The number of fused-ring (bicyclic) bond motifs is 1. The summed E-state index contributed by atoms with van der Waals surface area (Å²) in [5, 5.41) is 8.46. The number of methoxy groups -OCH3 is 1. The Kier molecular flexibility index (Phi) is 5.44. The van der Waals surface area contributed by atoms with Crippen LogP contribution in [-0.4, -0.2) is 34.7 Å². The van der Waals surface area contributed by atoms with E-state index in [1.165, 1.54) is 12.1 Å². The molecule has 1 aliphatic carbocycles. The molecule has 2 heterocycles. The van der Waals surface area contributed by atoms with Crippen molar-refractivity contribution >= 4 is 28.4 Å². The first-order valence-corrected chi connectivity index (χ1v) is 12.0. The molecule has 4 aromatic rings. The molecule has 0 bridgehead atoms. The van der Waals surface area contributed by atoms with Gasteiger partial charge in [0.05, 0.1) is 36.6 Å². The molecule has 36 heavy (non-hydrogen) atoms. The highest BCUT2D eigenvalue weighted by Crippen LogP contribution is 2.40. The van der Waals surface area contributed by atoms with Crippen molar-refractivity contribution < 1.29 is 18.7 Å². The van der Waals surface area contributed by atoms with Gasteiger partial charge in [-0.2, -0.15) is 5.10 Å². The third kappa shape index (κ3) is 3.98. The van der Waals surface area contributed by atoms with Crippen LogP contribution in [0.4, 0.5) is 10.1 Å². The Bertz CT molecular complexity index is 1460. The lowest BCUT2D eigenvalue weighted by atomic mass is 9.99. The highest BCUT2D eigenvalue weighted by molar-refractivity contribution is 6.00. The minimum atomic E-state index is -0.375. The summed E-state index contributed by atoms with van der Waals surface area (Å²) in [7, 11) is 1.61. The molecule has 1 saturated heterocycles. The fraction of sp³-hybridized carbons (Fsp3) is 0.250. The maximum atomic E-state index is 13.4. The Hall–Kier alpha value is -4.20. The van der Waals surface area contributed by atoms with Gasteiger partial charge in [-0.15, -0.1) is 0 Å². The van der Waals surface area contributed by atoms with Crippen molar-refractivity contribution in [2.45, 2.75) is 31.3 Å². The van der Waals surface area contributed by atoms with Gasteiger partial charge in [0, 0.05) is 23.4 Å². The van der Waals surface area contributed by atoms with E-state index in [0.29, 0.717) is 5.75 Å². The zero-order valence-electron chi connectivity index (χ0n) is 19.7. The Labute approximate surface area is 207 Å². The van der Waals surface area contributed by atoms with E-state index in [2.05, 4.69) is 10.4 Å². The van der Waals surface area contributed by atoms with Crippen molar-refractivity contribution in [3.05, 3.63) is 84.3 Å². The van der Waals surface area contributed by atoms with Crippen LogP contribution < -0.4 is 15.0 Å². The predicted octanol–water partition coefficient (Wildman–Crippen LogP) is 4.55. The van der Waals surface area contributed by atoms with E-state index in [1.54, 1.807) is 35.0 Å². The van der Waals surface area contributed by atoms with Crippen molar-refractivity contribution in [3.8, 4) is 11.4 Å². The lowest BCUT2D eigenvalue weighted by Gasteiger charge is -2.29. The van der Waals surface area contributed by atoms with Crippen LogP contribution in [0.1, 0.15) is 30.9 Å². The molecule has 2 amide bonds. The van der Waals surface area contributed by atoms with Crippen LogP contribution in [0.15, 0.2) is 72.9 Å². The number of carbonyl (C=O) groups is 2. The van der Waals surface area contributed by atoms with Gasteiger partial charge in [-0.1, -0.05) is 12.1 Å². The van der Waals surface area contributed by atoms with Crippen LogP contribution >= 0.6 is 0 Å². The molecule has 0 spiro atoms. The van der Waals surface area contributed by atoms with Gasteiger partial charge < -0.3 is 15.0 Å². The van der Waals surface area contributed by atoms with Gasteiger partial charge in [0.15, 0.2) is 0 Å². The summed E-state index contributed by atoms with van der Waals surface area (Å²) in [6, 6.07) is 18.8. The Balaban J connectivity index is 1.39. The molecule has 6 rings (SSSR count). The lowest BCUT2D eigenvalue weighted by Crippen LogP contribution is -2.40. The maximum Gasteiger partial charge on any atom is 0.229 e. The lowest BCUT2D eigenvalue weighted by molar-refractivity contribution is -0.123. The number of rotatable bonds is 6. The first kappa shape index (κ1) is 22.3. The van der Waals surface area contributed by atoms with Crippen LogP contribution in [-0.2, 0) is 9.59 Å². The average Bonchev–Trinajstić information content (AvgIpc) is 3.59. The maximum absolute atomic E-state index is 13.4. The van der Waals surface area contributed by atoms with Crippen LogP contribution in [0.25, 0.3) is 16.6 Å². The van der Waals surface area contributed by atoms with Crippen LogP contribution in [0, 0.1) is 11.7 Å². The number of aromatic nitrogens is 2. The number of hydrogen-bond donors (Lipinski definition) is 1. The fourth-order valence-corrected chi connectivity index (χ4v) is 4.98. The predicted molar refractivity (Wildman–Crippen MR) is 134 cm³/mol. The smallest absolute Gasteiger partial charge is 0.229 e. The molecule has 2 unspecified atom stereocenters. The number of benzene rings is 3. The summed E-state index contributed by atoms with van der Waals surface area (Å²) >= 11 is 0. The Morgan fingerprint density at radius 2 is 1.83 bits per heavy atom. The summed E-state index contributed by atoms with van der Waals surface area (Å²) in [6.45, 7) is 0. The van der Waals surface area contributed by atoms with Crippen LogP contribution in [0.5, 0.6) is 5.75 Å². The monoisotopic (exact) mass is 484 g/mol. The van der Waals surface area contributed by atoms with Crippen molar-refractivity contribution in [1.29, 1.82) is 0 Å². The number of hydrogen-bond acceptors (Lipinski definition) is 4. The number of halogens is 1. The van der Waals surface area contributed by atoms with E-state index < -0.39 is 0 Å². The van der Waals surface area contributed by atoms with Gasteiger partial charge in [-0.3, -0.25) is 9.59 Å². The average molecular weight is 485 g/mol. The summed E-state index contributed by atoms with van der Waals surface area (Å²) in [5.41, 5.74) is 3.20. The minimum Gasteiger partial charge on any atom is -0.497 e. The standard InChI is InChI=1S/C28H25FN4O3/c1-36-23-4-2-3-18(14-23)27-24(31-28(35)17-5-6-17)15-26(34)32(27)22-11-12-25-19(13-22)16-30-33(25)21-9-7-20(29)8-10-21/h2-4,7-14,16-17,24,27H,5-6,15H2,1H3,(H,31,35). The van der Waals surface area contributed by atoms with E-state index in [4.69, 9.17) is 4.74 Å².